The van der Waals surface area contributed by atoms with E-state index >= 15 is 0 Å². The van der Waals surface area contributed by atoms with Gasteiger partial charge in [-0.3, -0.25) is 10.1 Å². The molecule has 7 nitrogen and oxygen atoms in total. The van der Waals surface area contributed by atoms with E-state index in [4.69, 9.17) is 11.6 Å². The number of hydrogen-bond donors (Lipinski definition) is 0. The quantitative estimate of drug-likeness (QED) is 0.510. The summed E-state index contributed by atoms with van der Waals surface area (Å²) in [6.45, 7) is 1.85. The molecular weight excluding hydrogens is 366 g/mol. The highest BCUT2D eigenvalue weighted by Gasteiger charge is 2.23. The van der Waals surface area contributed by atoms with Gasteiger partial charge in [-0.15, -0.1) is 0 Å². The van der Waals surface area contributed by atoms with Gasteiger partial charge in [-0.2, -0.15) is 0 Å². The standard InChI is InChI=1S/C16H12ClN3O4S/c1-11-2-5-13(6-3-11)25(23,24)19-9-8-18-16(19)12-4-7-14(17)15(10-12)20(21)22/h2-10H,1H3. The van der Waals surface area contributed by atoms with Crippen LogP contribution in [0, 0.1) is 17.0 Å². The van der Waals surface area contributed by atoms with E-state index in [-0.39, 0.29) is 27.0 Å². The van der Waals surface area contributed by atoms with Gasteiger partial charge in [0.15, 0.2) is 5.82 Å². The lowest BCUT2D eigenvalue weighted by molar-refractivity contribution is -0.384. The molecule has 0 unspecified atom stereocenters. The second kappa shape index (κ2) is 6.30. The summed E-state index contributed by atoms with van der Waals surface area (Å²) in [6.07, 6.45) is 2.62. The summed E-state index contributed by atoms with van der Waals surface area (Å²) in [5, 5.41) is 11.0. The van der Waals surface area contributed by atoms with Crippen molar-refractivity contribution < 1.29 is 13.3 Å². The maximum Gasteiger partial charge on any atom is 0.288 e. The van der Waals surface area contributed by atoms with Crippen LogP contribution in [0.2, 0.25) is 5.02 Å². The molecule has 0 fully saturated rings. The third-order valence-electron chi connectivity index (χ3n) is 3.59. The highest BCUT2D eigenvalue weighted by atomic mass is 35.5. The van der Waals surface area contributed by atoms with Crippen LogP contribution in [0.25, 0.3) is 11.4 Å². The summed E-state index contributed by atoms with van der Waals surface area (Å²) in [4.78, 5) is 14.6. The van der Waals surface area contributed by atoms with Crippen LogP contribution in [-0.2, 0) is 10.0 Å². The second-order valence-corrected chi connectivity index (χ2v) is 7.51. The molecule has 0 aliphatic carbocycles. The van der Waals surface area contributed by atoms with Gasteiger partial charge in [0.05, 0.1) is 9.82 Å². The number of aryl methyl sites for hydroxylation is 1. The predicted molar refractivity (Wildman–Crippen MR) is 93.1 cm³/mol. The molecule has 0 amide bonds. The topological polar surface area (TPSA) is 95.1 Å². The maximum atomic E-state index is 12.8. The largest absolute Gasteiger partial charge is 0.288 e. The zero-order chi connectivity index (χ0) is 18.2. The number of benzene rings is 2. The van der Waals surface area contributed by atoms with Crippen molar-refractivity contribution in [1.29, 1.82) is 0 Å². The first kappa shape index (κ1) is 17.1. The molecule has 0 radical (unpaired) electrons. The van der Waals surface area contributed by atoms with Crippen molar-refractivity contribution in [1.82, 2.24) is 8.96 Å². The minimum Gasteiger partial charge on any atom is -0.258 e. The van der Waals surface area contributed by atoms with Gasteiger partial charge in [0.1, 0.15) is 5.02 Å². The zero-order valence-electron chi connectivity index (χ0n) is 13.0. The lowest BCUT2D eigenvalue weighted by Crippen LogP contribution is -2.13. The first-order valence-electron chi connectivity index (χ1n) is 7.10. The second-order valence-electron chi connectivity index (χ2n) is 5.29. The molecule has 2 aromatic carbocycles. The summed E-state index contributed by atoms with van der Waals surface area (Å²) in [5.41, 5.74) is 0.886. The molecule has 0 spiro atoms. The van der Waals surface area contributed by atoms with Crippen LogP contribution in [0.3, 0.4) is 0 Å². The lowest BCUT2D eigenvalue weighted by Gasteiger charge is -2.10. The number of rotatable bonds is 4. The van der Waals surface area contributed by atoms with Crippen molar-refractivity contribution in [2.75, 3.05) is 0 Å². The van der Waals surface area contributed by atoms with E-state index in [9.17, 15) is 18.5 Å². The Balaban J connectivity index is 2.14. The number of aromatic nitrogens is 2. The maximum absolute atomic E-state index is 12.8. The molecule has 1 aromatic heterocycles. The van der Waals surface area contributed by atoms with Crippen LogP contribution < -0.4 is 0 Å². The Kier molecular flexibility index (Phi) is 4.32. The fraction of sp³-hybridized carbons (Fsp3) is 0.0625. The Bertz CT molecular complexity index is 1060. The SMILES string of the molecule is Cc1ccc(S(=O)(=O)n2ccnc2-c2ccc(Cl)c([N+](=O)[O-])c2)cc1. The summed E-state index contributed by atoms with van der Waals surface area (Å²) in [5.74, 6) is 0.0698. The first-order valence-corrected chi connectivity index (χ1v) is 8.92. The molecule has 3 aromatic rings. The van der Waals surface area contributed by atoms with Gasteiger partial charge in [0, 0.05) is 24.0 Å². The van der Waals surface area contributed by atoms with Crippen molar-refractivity contribution in [3.63, 3.8) is 0 Å². The number of nitro groups is 1. The van der Waals surface area contributed by atoms with Crippen LogP contribution in [0.4, 0.5) is 5.69 Å². The van der Waals surface area contributed by atoms with Gasteiger partial charge in [-0.05, 0) is 31.2 Å². The fourth-order valence-corrected chi connectivity index (χ4v) is 3.79. The number of nitrogens with zero attached hydrogens (tertiary/aromatic N) is 3. The highest BCUT2D eigenvalue weighted by molar-refractivity contribution is 7.90. The van der Waals surface area contributed by atoms with E-state index in [1.807, 2.05) is 6.92 Å². The predicted octanol–water partition coefficient (Wildman–Crippen LogP) is 3.66. The number of imidazole rings is 1. The molecule has 0 aliphatic rings. The van der Waals surface area contributed by atoms with Crippen molar-refractivity contribution in [2.24, 2.45) is 0 Å². The molecule has 0 N–H and O–H groups in total. The van der Waals surface area contributed by atoms with Crippen molar-refractivity contribution in [3.05, 3.63) is 75.6 Å². The first-order chi connectivity index (χ1) is 11.8. The Morgan fingerprint density at radius 2 is 1.84 bits per heavy atom. The van der Waals surface area contributed by atoms with E-state index in [1.165, 1.54) is 42.7 Å². The van der Waals surface area contributed by atoms with Gasteiger partial charge < -0.3 is 0 Å². The van der Waals surface area contributed by atoms with E-state index in [0.717, 1.165) is 9.54 Å². The highest BCUT2D eigenvalue weighted by Crippen LogP contribution is 2.30. The minimum atomic E-state index is -3.88. The average molecular weight is 378 g/mol. The molecule has 0 aliphatic heterocycles. The molecule has 0 bridgehead atoms. The summed E-state index contributed by atoms with van der Waals surface area (Å²) >= 11 is 5.81. The monoisotopic (exact) mass is 377 g/mol. The van der Waals surface area contributed by atoms with Gasteiger partial charge in [0.2, 0.25) is 0 Å². The fourth-order valence-electron chi connectivity index (χ4n) is 2.30. The number of hydrogen-bond acceptors (Lipinski definition) is 5. The molecule has 0 saturated heterocycles. The van der Waals surface area contributed by atoms with Crippen LogP contribution in [0.5, 0.6) is 0 Å². The van der Waals surface area contributed by atoms with Gasteiger partial charge in [-0.25, -0.2) is 17.4 Å². The lowest BCUT2D eigenvalue weighted by atomic mass is 10.2. The zero-order valence-corrected chi connectivity index (χ0v) is 14.5. The van der Waals surface area contributed by atoms with Gasteiger partial charge in [0.25, 0.3) is 15.7 Å². The summed E-state index contributed by atoms with van der Waals surface area (Å²) < 4.78 is 26.7. The molecule has 0 atom stereocenters. The van der Waals surface area contributed by atoms with E-state index in [1.54, 1.807) is 12.1 Å². The number of halogens is 1. The van der Waals surface area contributed by atoms with Gasteiger partial charge >= 0.3 is 0 Å². The smallest absolute Gasteiger partial charge is 0.258 e. The Morgan fingerprint density at radius 1 is 1.16 bits per heavy atom. The Labute approximate surface area is 148 Å². The third kappa shape index (κ3) is 3.13. The summed E-state index contributed by atoms with van der Waals surface area (Å²) in [6, 6.07) is 10.4. The number of nitro benzene ring substituents is 1. The van der Waals surface area contributed by atoms with Crippen LogP contribution >= 0.6 is 11.6 Å². The van der Waals surface area contributed by atoms with E-state index < -0.39 is 14.9 Å². The molecule has 9 heteroatoms. The van der Waals surface area contributed by atoms with Crippen LogP contribution in [0.15, 0.2) is 59.8 Å². The van der Waals surface area contributed by atoms with Crippen LogP contribution in [-0.4, -0.2) is 22.3 Å². The Hall–Kier alpha value is -2.71. The van der Waals surface area contributed by atoms with Crippen molar-refractivity contribution >= 4 is 27.3 Å². The molecular formula is C16H12ClN3O4S. The molecule has 25 heavy (non-hydrogen) atoms. The Morgan fingerprint density at radius 3 is 2.48 bits per heavy atom. The normalized spacial score (nSPS) is 11.4. The average Bonchev–Trinajstić information content (AvgIpc) is 3.06. The molecule has 1 heterocycles. The van der Waals surface area contributed by atoms with Crippen LogP contribution in [0.1, 0.15) is 5.56 Å². The summed E-state index contributed by atoms with van der Waals surface area (Å²) in [7, 11) is -3.88. The van der Waals surface area contributed by atoms with Crippen molar-refractivity contribution in [3.8, 4) is 11.4 Å². The van der Waals surface area contributed by atoms with E-state index in [0.29, 0.717) is 0 Å². The minimum absolute atomic E-state index is 0.0340. The molecule has 3 rings (SSSR count). The van der Waals surface area contributed by atoms with Gasteiger partial charge in [-0.1, -0.05) is 29.3 Å². The third-order valence-corrected chi connectivity index (χ3v) is 5.59. The van der Waals surface area contributed by atoms with Crippen molar-refractivity contribution in [2.45, 2.75) is 11.8 Å². The molecule has 128 valence electrons. The molecule has 0 saturated carbocycles. The van der Waals surface area contributed by atoms with E-state index in [2.05, 4.69) is 4.98 Å².